The summed E-state index contributed by atoms with van der Waals surface area (Å²) < 4.78 is 0. The summed E-state index contributed by atoms with van der Waals surface area (Å²) in [7, 11) is 0. The fraction of sp³-hybridized carbons (Fsp3) is 0.714. The molecule has 11 heavy (non-hydrogen) atoms. The molecule has 0 aromatic heterocycles. The van der Waals surface area contributed by atoms with E-state index in [-0.39, 0.29) is 0 Å². The van der Waals surface area contributed by atoms with E-state index >= 15 is 0 Å². The van der Waals surface area contributed by atoms with Crippen molar-refractivity contribution in [3.63, 3.8) is 0 Å². The Hall–Kier alpha value is -1.06. The van der Waals surface area contributed by atoms with E-state index in [1.54, 1.807) is 0 Å². The monoisotopic (exact) mass is 157 g/mol. The minimum atomic E-state index is -0.941. The second-order valence-corrected chi connectivity index (χ2v) is 2.85. The predicted octanol–water partition coefficient (Wildman–Crippen LogP) is -0.0143. The van der Waals surface area contributed by atoms with Crippen molar-refractivity contribution in [2.45, 2.75) is 25.3 Å². The number of aliphatic carboxylic acids is 1. The van der Waals surface area contributed by atoms with Crippen LogP contribution in [-0.4, -0.2) is 23.5 Å². The SMILES string of the molecule is O=CN[C@@H](CC1CC1)C(=O)O. The molecule has 2 N–H and O–H groups in total. The first-order valence-corrected chi connectivity index (χ1v) is 3.66. The van der Waals surface area contributed by atoms with Gasteiger partial charge in [0.2, 0.25) is 6.41 Å². The Labute approximate surface area is 64.6 Å². The molecule has 1 aliphatic carbocycles. The zero-order chi connectivity index (χ0) is 8.27. The molecule has 0 saturated heterocycles. The maximum absolute atomic E-state index is 10.4. The summed E-state index contributed by atoms with van der Waals surface area (Å²) in [5.41, 5.74) is 0. The van der Waals surface area contributed by atoms with Gasteiger partial charge >= 0.3 is 5.97 Å². The van der Waals surface area contributed by atoms with E-state index in [1.807, 2.05) is 0 Å². The summed E-state index contributed by atoms with van der Waals surface area (Å²) in [6, 6.07) is -0.681. The highest BCUT2D eigenvalue weighted by atomic mass is 16.4. The molecule has 0 bridgehead atoms. The fourth-order valence-corrected chi connectivity index (χ4v) is 1.01. The Morgan fingerprint density at radius 2 is 2.36 bits per heavy atom. The number of amides is 1. The molecule has 1 amide bonds. The van der Waals surface area contributed by atoms with Gasteiger partial charge < -0.3 is 10.4 Å². The number of carboxylic acids is 1. The van der Waals surface area contributed by atoms with Gasteiger partial charge in [-0.2, -0.15) is 0 Å². The first-order valence-electron chi connectivity index (χ1n) is 3.66. The van der Waals surface area contributed by atoms with Crippen LogP contribution >= 0.6 is 0 Å². The van der Waals surface area contributed by atoms with E-state index in [1.165, 1.54) is 0 Å². The van der Waals surface area contributed by atoms with Crippen LogP contribution in [0.2, 0.25) is 0 Å². The minimum absolute atomic E-state index is 0.446. The molecule has 0 radical (unpaired) electrons. The highest BCUT2D eigenvalue weighted by Gasteiger charge is 2.28. The number of carboxylic acid groups (broad SMARTS) is 1. The second-order valence-electron chi connectivity index (χ2n) is 2.85. The third-order valence-electron chi connectivity index (χ3n) is 1.83. The van der Waals surface area contributed by atoms with E-state index in [0.29, 0.717) is 18.7 Å². The number of carbonyl (C=O) groups is 2. The molecular formula is C7H11NO3. The topological polar surface area (TPSA) is 66.4 Å². The largest absolute Gasteiger partial charge is 0.480 e. The van der Waals surface area contributed by atoms with Crippen LogP contribution in [0.1, 0.15) is 19.3 Å². The fourth-order valence-electron chi connectivity index (χ4n) is 1.01. The van der Waals surface area contributed by atoms with Gasteiger partial charge in [0.25, 0.3) is 0 Å². The molecule has 1 atom stereocenters. The average Bonchev–Trinajstić information content (AvgIpc) is 2.70. The van der Waals surface area contributed by atoms with Gasteiger partial charge in [0.05, 0.1) is 0 Å². The molecule has 0 unspecified atom stereocenters. The zero-order valence-corrected chi connectivity index (χ0v) is 6.12. The highest BCUT2D eigenvalue weighted by molar-refractivity contribution is 5.76. The van der Waals surface area contributed by atoms with E-state index in [2.05, 4.69) is 5.32 Å². The third kappa shape index (κ3) is 2.57. The predicted molar refractivity (Wildman–Crippen MR) is 38.0 cm³/mol. The summed E-state index contributed by atoms with van der Waals surface area (Å²) in [6.45, 7) is 0. The lowest BCUT2D eigenvalue weighted by molar-refractivity contribution is -0.140. The molecule has 4 heteroatoms. The number of hydrogen-bond donors (Lipinski definition) is 2. The van der Waals surface area contributed by atoms with Gasteiger partial charge in [-0.25, -0.2) is 4.79 Å². The molecule has 1 rings (SSSR count). The number of hydrogen-bond acceptors (Lipinski definition) is 2. The zero-order valence-electron chi connectivity index (χ0n) is 6.12. The number of nitrogens with one attached hydrogen (secondary N) is 1. The van der Waals surface area contributed by atoms with Gasteiger partial charge in [0.15, 0.2) is 0 Å². The minimum Gasteiger partial charge on any atom is -0.480 e. The molecule has 0 spiro atoms. The molecule has 1 fully saturated rings. The maximum atomic E-state index is 10.4. The summed E-state index contributed by atoms with van der Waals surface area (Å²) in [5.74, 6) is -0.424. The summed E-state index contributed by atoms with van der Waals surface area (Å²) in [4.78, 5) is 20.4. The highest BCUT2D eigenvalue weighted by Crippen LogP contribution is 2.33. The molecule has 0 aliphatic heterocycles. The van der Waals surface area contributed by atoms with Gasteiger partial charge in [-0.1, -0.05) is 12.8 Å². The van der Waals surface area contributed by atoms with Crippen LogP contribution in [0.3, 0.4) is 0 Å². The average molecular weight is 157 g/mol. The van der Waals surface area contributed by atoms with Gasteiger partial charge in [-0.05, 0) is 12.3 Å². The van der Waals surface area contributed by atoms with Crippen molar-refractivity contribution in [2.24, 2.45) is 5.92 Å². The van der Waals surface area contributed by atoms with Crippen LogP contribution in [0.25, 0.3) is 0 Å². The molecule has 0 aromatic carbocycles. The van der Waals surface area contributed by atoms with E-state index < -0.39 is 12.0 Å². The lowest BCUT2D eigenvalue weighted by Gasteiger charge is -2.08. The molecule has 1 saturated carbocycles. The Morgan fingerprint density at radius 3 is 2.73 bits per heavy atom. The van der Waals surface area contributed by atoms with Crippen molar-refractivity contribution in [3.05, 3.63) is 0 Å². The maximum Gasteiger partial charge on any atom is 0.326 e. The number of rotatable bonds is 5. The molecule has 0 aromatic rings. The molecule has 1 aliphatic rings. The summed E-state index contributed by atoms with van der Waals surface area (Å²) in [6.07, 6.45) is 3.23. The Balaban J connectivity index is 2.30. The van der Waals surface area contributed by atoms with Crippen LogP contribution in [-0.2, 0) is 9.59 Å². The standard InChI is InChI=1S/C7H11NO3/c9-4-8-6(7(10)11)3-5-1-2-5/h4-6H,1-3H2,(H,8,9)(H,10,11)/t6-/m0/s1. The lowest BCUT2D eigenvalue weighted by Crippen LogP contribution is -2.36. The Morgan fingerprint density at radius 1 is 1.73 bits per heavy atom. The van der Waals surface area contributed by atoms with Crippen LogP contribution in [0, 0.1) is 5.92 Å². The molecule has 0 heterocycles. The van der Waals surface area contributed by atoms with Crippen molar-refractivity contribution >= 4 is 12.4 Å². The van der Waals surface area contributed by atoms with Crippen LogP contribution < -0.4 is 5.32 Å². The lowest BCUT2D eigenvalue weighted by atomic mass is 10.1. The van der Waals surface area contributed by atoms with Crippen molar-refractivity contribution in [3.8, 4) is 0 Å². The smallest absolute Gasteiger partial charge is 0.326 e. The van der Waals surface area contributed by atoms with E-state index in [4.69, 9.17) is 5.11 Å². The first kappa shape index (κ1) is 8.04. The van der Waals surface area contributed by atoms with Gasteiger partial charge in [0.1, 0.15) is 6.04 Å². The quantitative estimate of drug-likeness (QED) is 0.551. The van der Waals surface area contributed by atoms with Crippen LogP contribution in [0.5, 0.6) is 0 Å². The summed E-state index contributed by atoms with van der Waals surface area (Å²) in [5, 5.41) is 10.8. The van der Waals surface area contributed by atoms with Gasteiger partial charge in [-0.15, -0.1) is 0 Å². The van der Waals surface area contributed by atoms with Gasteiger partial charge in [0, 0.05) is 0 Å². The van der Waals surface area contributed by atoms with E-state index in [0.717, 1.165) is 12.8 Å². The normalized spacial score (nSPS) is 18.9. The Bertz CT molecular complexity index is 165. The van der Waals surface area contributed by atoms with Crippen LogP contribution in [0.15, 0.2) is 0 Å². The molecule has 4 nitrogen and oxygen atoms in total. The third-order valence-corrected chi connectivity index (χ3v) is 1.83. The summed E-state index contributed by atoms with van der Waals surface area (Å²) >= 11 is 0. The van der Waals surface area contributed by atoms with E-state index in [9.17, 15) is 9.59 Å². The van der Waals surface area contributed by atoms with Crippen molar-refractivity contribution in [2.75, 3.05) is 0 Å². The van der Waals surface area contributed by atoms with Gasteiger partial charge in [-0.3, -0.25) is 4.79 Å². The molecular weight excluding hydrogens is 146 g/mol. The first-order chi connectivity index (χ1) is 5.24. The van der Waals surface area contributed by atoms with Crippen molar-refractivity contribution < 1.29 is 14.7 Å². The molecule has 62 valence electrons. The second kappa shape index (κ2) is 3.37. The van der Waals surface area contributed by atoms with Crippen molar-refractivity contribution in [1.29, 1.82) is 0 Å². The Kier molecular flexibility index (Phi) is 2.46. The van der Waals surface area contributed by atoms with Crippen LogP contribution in [0.4, 0.5) is 0 Å². The number of carbonyl (C=O) groups excluding carboxylic acids is 1. The van der Waals surface area contributed by atoms with Crippen molar-refractivity contribution in [1.82, 2.24) is 5.32 Å².